The molecule has 3 nitrogen and oxygen atoms in total. The molecule has 0 unspecified atom stereocenters. The zero-order valence-electron chi connectivity index (χ0n) is 9.98. The van der Waals surface area contributed by atoms with Gasteiger partial charge in [0.1, 0.15) is 5.82 Å². The van der Waals surface area contributed by atoms with Gasteiger partial charge < -0.3 is 9.64 Å². The van der Waals surface area contributed by atoms with Gasteiger partial charge >= 0.3 is 5.97 Å². The van der Waals surface area contributed by atoms with E-state index >= 15 is 0 Å². The topological polar surface area (TPSA) is 29.5 Å². The quantitative estimate of drug-likeness (QED) is 0.602. The van der Waals surface area contributed by atoms with E-state index < -0.39 is 11.8 Å². The van der Waals surface area contributed by atoms with Crippen molar-refractivity contribution in [3.8, 4) is 0 Å². The molecular formula is C12H17ClFNO2. The summed E-state index contributed by atoms with van der Waals surface area (Å²) in [6, 6.07) is 5.82. The Labute approximate surface area is 107 Å². The van der Waals surface area contributed by atoms with E-state index in [4.69, 9.17) is 4.74 Å². The molecule has 0 aliphatic carbocycles. The summed E-state index contributed by atoms with van der Waals surface area (Å²) >= 11 is 0. The van der Waals surface area contributed by atoms with Gasteiger partial charge in [0.2, 0.25) is 0 Å². The van der Waals surface area contributed by atoms with E-state index in [2.05, 4.69) is 0 Å². The molecule has 0 saturated carbocycles. The minimum Gasteiger partial charge on any atom is -0.462 e. The number of rotatable bonds is 5. The molecule has 0 radical (unpaired) electrons. The predicted octanol–water partition coefficient (Wildman–Crippen LogP) is 2.36. The Morgan fingerprint density at radius 3 is 2.59 bits per heavy atom. The van der Waals surface area contributed by atoms with Crippen LogP contribution in [0.15, 0.2) is 24.3 Å². The third-order valence-electron chi connectivity index (χ3n) is 2.08. The van der Waals surface area contributed by atoms with E-state index in [0.29, 0.717) is 6.61 Å². The molecule has 0 saturated heterocycles. The average molecular weight is 262 g/mol. The van der Waals surface area contributed by atoms with E-state index in [1.807, 2.05) is 19.0 Å². The van der Waals surface area contributed by atoms with E-state index in [1.165, 1.54) is 18.2 Å². The maximum Gasteiger partial charge on any atom is 0.341 e. The molecule has 0 amide bonds. The first-order valence-electron chi connectivity index (χ1n) is 5.17. The maximum absolute atomic E-state index is 13.2. The van der Waals surface area contributed by atoms with Gasteiger partial charge in [-0.15, -0.1) is 12.4 Å². The van der Waals surface area contributed by atoms with Crippen LogP contribution in [-0.4, -0.2) is 38.1 Å². The molecule has 0 aromatic heterocycles. The van der Waals surface area contributed by atoms with Gasteiger partial charge in [0, 0.05) is 6.54 Å². The highest BCUT2D eigenvalue weighted by atomic mass is 35.5. The van der Waals surface area contributed by atoms with Crippen molar-refractivity contribution in [1.29, 1.82) is 0 Å². The first-order chi connectivity index (χ1) is 7.61. The van der Waals surface area contributed by atoms with Crippen molar-refractivity contribution >= 4 is 18.4 Å². The second kappa shape index (κ2) is 8.03. The number of carbonyl (C=O) groups is 1. The monoisotopic (exact) mass is 261 g/mol. The maximum atomic E-state index is 13.2. The van der Waals surface area contributed by atoms with Crippen molar-refractivity contribution in [1.82, 2.24) is 4.90 Å². The highest BCUT2D eigenvalue weighted by molar-refractivity contribution is 5.89. The van der Waals surface area contributed by atoms with Crippen molar-refractivity contribution in [2.24, 2.45) is 0 Å². The van der Waals surface area contributed by atoms with Crippen LogP contribution in [0.25, 0.3) is 0 Å². The molecule has 96 valence electrons. The summed E-state index contributed by atoms with van der Waals surface area (Å²) in [5.74, 6) is -1.14. The fourth-order valence-electron chi connectivity index (χ4n) is 1.25. The van der Waals surface area contributed by atoms with Crippen LogP contribution < -0.4 is 0 Å². The number of hydrogen-bond donors (Lipinski definition) is 0. The van der Waals surface area contributed by atoms with Gasteiger partial charge in [-0.1, -0.05) is 12.1 Å². The van der Waals surface area contributed by atoms with Gasteiger partial charge in [-0.25, -0.2) is 9.18 Å². The highest BCUT2D eigenvalue weighted by Crippen LogP contribution is 2.07. The fraction of sp³-hybridized carbons (Fsp3) is 0.417. The summed E-state index contributed by atoms with van der Waals surface area (Å²) in [4.78, 5) is 13.4. The lowest BCUT2D eigenvalue weighted by molar-refractivity contribution is 0.0488. The van der Waals surface area contributed by atoms with Crippen LogP contribution >= 0.6 is 12.4 Å². The van der Waals surface area contributed by atoms with Crippen molar-refractivity contribution in [3.05, 3.63) is 35.6 Å². The van der Waals surface area contributed by atoms with Gasteiger partial charge in [0.05, 0.1) is 12.2 Å². The zero-order valence-corrected chi connectivity index (χ0v) is 10.8. The number of carbonyl (C=O) groups excluding carboxylic acids is 1. The summed E-state index contributed by atoms with van der Waals surface area (Å²) in [7, 11) is 3.89. The Bertz CT molecular complexity index is 358. The Morgan fingerprint density at radius 1 is 1.35 bits per heavy atom. The van der Waals surface area contributed by atoms with Crippen LogP contribution in [0.3, 0.4) is 0 Å². The molecule has 0 spiro atoms. The van der Waals surface area contributed by atoms with Crippen LogP contribution in [0.1, 0.15) is 16.8 Å². The molecule has 1 aromatic carbocycles. The predicted molar refractivity (Wildman–Crippen MR) is 67.1 cm³/mol. The minimum atomic E-state index is -0.600. The minimum absolute atomic E-state index is 0. The molecule has 1 rings (SSSR count). The molecule has 0 atom stereocenters. The molecule has 17 heavy (non-hydrogen) atoms. The summed E-state index contributed by atoms with van der Waals surface area (Å²) in [6.45, 7) is 1.15. The first-order valence-corrected chi connectivity index (χ1v) is 5.17. The van der Waals surface area contributed by atoms with Crippen LogP contribution in [0, 0.1) is 5.82 Å². The van der Waals surface area contributed by atoms with Crippen LogP contribution in [0.5, 0.6) is 0 Å². The van der Waals surface area contributed by atoms with Gasteiger partial charge in [-0.05, 0) is 32.6 Å². The van der Waals surface area contributed by atoms with Gasteiger partial charge in [-0.3, -0.25) is 0 Å². The van der Waals surface area contributed by atoms with Crippen LogP contribution in [0.4, 0.5) is 4.39 Å². The second-order valence-corrected chi connectivity index (χ2v) is 3.77. The summed E-state index contributed by atoms with van der Waals surface area (Å²) in [5, 5.41) is 0. The Morgan fingerprint density at radius 2 is 2.00 bits per heavy atom. The summed E-state index contributed by atoms with van der Waals surface area (Å²) < 4.78 is 18.1. The third kappa shape index (κ3) is 5.65. The molecule has 5 heteroatoms. The molecule has 0 N–H and O–H groups in total. The lowest BCUT2D eigenvalue weighted by Crippen LogP contribution is -2.16. The van der Waals surface area contributed by atoms with E-state index in [1.54, 1.807) is 6.07 Å². The fourth-order valence-corrected chi connectivity index (χ4v) is 1.25. The lowest BCUT2D eigenvalue weighted by Gasteiger charge is -2.09. The zero-order chi connectivity index (χ0) is 12.0. The Kier molecular flexibility index (Phi) is 7.50. The lowest BCUT2D eigenvalue weighted by atomic mass is 10.2. The van der Waals surface area contributed by atoms with Crippen LogP contribution in [0.2, 0.25) is 0 Å². The molecule has 0 aliphatic rings. The second-order valence-electron chi connectivity index (χ2n) is 3.77. The van der Waals surface area contributed by atoms with Crippen molar-refractivity contribution < 1.29 is 13.9 Å². The summed E-state index contributed by atoms with van der Waals surface area (Å²) in [5.41, 5.74) is -0.00708. The third-order valence-corrected chi connectivity index (χ3v) is 2.08. The molecule has 0 aliphatic heterocycles. The number of nitrogens with zero attached hydrogens (tertiary/aromatic N) is 1. The smallest absolute Gasteiger partial charge is 0.341 e. The molecule has 0 bridgehead atoms. The van der Waals surface area contributed by atoms with Crippen molar-refractivity contribution in [3.63, 3.8) is 0 Å². The Balaban J connectivity index is 0.00000256. The van der Waals surface area contributed by atoms with Crippen molar-refractivity contribution in [2.75, 3.05) is 27.2 Å². The number of hydrogen-bond acceptors (Lipinski definition) is 3. The Hall–Kier alpha value is -1.13. The normalized spacial score (nSPS) is 9.88. The average Bonchev–Trinajstić information content (AvgIpc) is 2.24. The van der Waals surface area contributed by atoms with Crippen molar-refractivity contribution in [2.45, 2.75) is 6.42 Å². The summed E-state index contributed by atoms with van der Waals surface area (Å²) in [6.07, 6.45) is 0.743. The SMILES string of the molecule is CN(C)CCCOC(=O)c1ccccc1F.Cl. The molecule has 0 fully saturated rings. The highest BCUT2D eigenvalue weighted by Gasteiger charge is 2.11. The van der Waals surface area contributed by atoms with E-state index in [-0.39, 0.29) is 18.0 Å². The number of benzene rings is 1. The standard InChI is InChI=1S/C12H16FNO2.ClH/c1-14(2)8-5-9-16-12(15)10-6-3-4-7-11(10)13;/h3-4,6-7H,5,8-9H2,1-2H3;1H. The number of esters is 1. The van der Waals surface area contributed by atoms with E-state index in [9.17, 15) is 9.18 Å². The molecule has 1 aromatic rings. The number of halogens is 2. The number of ether oxygens (including phenoxy) is 1. The van der Waals surface area contributed by atoms with Gasteiger partial charge in [-0.2, -0.15) is 0 Å². The first kappa shape index (κ1) is 15.9. The van der Waals surface area contributed by atoms with E-state index in [0.717, 1.165) is 13.0 Å². The molecule has 0 heterocycles. The van der Waals surface area contributed by atoms with Crippen LogP contribution in [-0.2, 0) is 4.74 Å². The van der Waals surface area contributed by atoms with Gasteiger partial charge in [0.25, 0.3) is 0 Å². The van der Waals surface area contributed by atoms with Gasteiger partial charge in [0.15, 0.2) is 0 Å². The largest absolute Gasteiger partial charge is 0.462 e. The molecular weight excluding hydrogens is 245 g/mol.